The molecule has 1 atom stereocenters. The molecule has 8 heteroatoms. The van der Waals surface area contributed by atoms with E-state index in [1.807, 2.05) is 0 Å². The zero-order valence-corrected chi connectivity index (χ0v) is 11.9. The van der Waals surface area contributed by atoms with E-state index in [2.05, 4.69) is 10.4 Å². The summed E-state index contributed by atoms with van der Waals surface area (Å²) in [7, 11) is -1.46. The second-order valence-electron chi connectivity index (χ2n) is 4.82. The number of hydrogen-bond donors (Lipinski definition) is 1. The van der Waals surface area contributed by atoms with Crippen LogP contribution in [0.15, 0.2) is 12.3 Å². The van der Waals surface area contributed by atoms with Crippen molar-refractivity contribution in [2.24, 2.45) is 13.0 Å². The van der Waals surface area contributed by atoms with E-state index >= 15 is 0 Å². The topological polar surface area (TPSA) is 84.3 Å². The maximum absolute atomic E-state index is 12.1. The Morgan fingerprint density at radius 1 is 1.53 bits per heavy atom. The van der Waals surface area contributed by atoms with Gasteiger partial charge < -0.3 is 5.32 Å². The number of carbonyl (C=O) groups is 1. The molecule has 0 unspecified atom stereocenters. The second-order valence-corrected chi connectivity index (χ2v) is 6.81. The molecule has 0 saturated carbocycles. The first-order valence-corrected chi connectivity index (χ1v) is 7.97. The number of aromatic nitrogens is 2. The summed E-state index contributed by atoms with van der Waals surface area (Å²) in [5, 5.41) is 6.78. The van der Waals surface area contributed by atoms with Crippen LogP contribution in [0, 0.1) is 5.92 Å². The zero-order valence-electron chi connectivity index (χ0n) is 11.0. The largest absolute Gasteiger partial charge is 0.309 e. The Labute approximate surface area is 112 Å². The molecule has 0 radical (unpaired) electrons. The maximum Gasteiger partial charge on any atom is 0.230 e. The zero-order chi connectivity index (χ0) is 14.0. The number of rotatable bonds is 3. The van der Waals surface area contributed by atoms with Crippen LogP contribution in [0.5, 0.6) is 0 Å². The van der Waals surface area contributed by atoms with Gasteiger partial charge in [-0.3, -0.25) is 9.48 Å². The molecule has 1 fully saturated rings. The summed E-state index contributed by atoms with van der Waals surface area (Å²) in [6.45, 7) is 0.740. The number of anilines is 1. The number of nitrogens with zero attached hydrogens (tertiary/aromatic N) is 3. The minimum atomic E-state index is -3.23. The third kappa shape index (κ3) is 3.54. The molecule has 2 heterocycles. The fourth-order valence-electron chi connectivity index (χ4n) is 2.17. The lowest BCUT2D eigenvalue weighted by molar-refractivity contribution is -0.120. The second kappa shape index (κ2) is 5.30. The first-order chi connectivity index (χ1) is 8.86. The van der Waals surface area contributed by atoms with Gasteiger partial charge in [0.25, 0.3) is 0 Å². The van der Waals surface area contributed by atoms with Gasteiger partial charge in [0.1, 0.15) is 0 Å². The highest BCUT2D eigenvalue weighted by Crippen LogP contribution is 2.20. The molecule has 1 aliphatic rings. The van der Waals surface area contributed by atoms with Gasteiger partial charge in [-0.05, 0) is 12.8 Å². The fourth-order valence-corrected chi connectivity index (χ4v) is 3.08. The van der Waals surface area contributed by atoms with Gasteiger partial charge in [0.15, 0.2) is 5.82 Å². The van der Waals surface area contributed by atoms with E-state index in [0.717, 1.165) is 0 Å². The normalized spacial score (nSPS) is 21.3. The van der Waals surface area contributed by atoms with Crippen LogP contribution in [0.25, 0.3) is 0 Å². The molecule has 1 amide bonds. The minimum Gasteiger partial charge on any atom is -0.309 e. The van der Waals surface area contributed by atoms with Crippen LogP contribution in [-0.4, -0.2) is 47.8 Å². The van der Waals surface area contributed by atoms with E-state index in [1.54, 1.807) is 24.0 Å². The Kier molecular flexibility index (Phi) is 3.91. The molecule has 1 N–H and O–H groups in total. The molecule has 0 aromatic carbocycles. The lowest BCUT2D eigenvalue weighted by Crippen LogP contribution is -2.43. The average Bonchev–Trinajstić information content (AvgIpc) is 2.74. The molecule has 1 aromatic heterocycles. The average molecular weight is 286 g/mol. The Hall–Kier alpha value is -1.41. The standard InChI is InChI=1S/C11H18N4O3S/c1-14-7-5-10(13-14)12-11(16)9-4-3-6-15(8-9)19(2,17)18/h5,7,9H,3-4,6,8H2,1-2H3,(H,12,13,16)/t9-/m1/s1. The van der Waals surface area contributed by atoms with Gasteiger partial charge in [-0.25, -0.2) is 12.7 Å². The number of sulfonamides is 1. The Bertz CT molecular complexity index is 566. The molecule has 1 aromatic rings. The van der Waals surface area contributed by atoms with Crippen molar-refractivity contribution in [1.29, 1.82) is 0 Å². The summed E-state index contributed by atoms with van der Waals surface area (Å²) in [5.41, 5.74) is 0. The van der Waals surface area contributed by atoms with Crippen molar-refractivity contribution in [3.63, 3.8) is 0 Å². The van der Waals surface area contributed by atoms with E-state index < -0.39 is 10.0 Å². The third-order valence-corrected chi connectivity index (χ3v) is 4.46. The molecule has 0 aliphatic carbocycles. The number of amides is 1. The number of aryl methyl sites for hydroxylation is 1. The first-order valence-electron chi connectivity index (χ1n) is 6.12. The number of hydrogen-bond acceptors (Lipinski definition) is 4. The lowest BCUT2D eigenvalue weighted by Gasteiger charge is -2.29. The third-order valence-electron chi connectivity index (χ3n) is 3.19. The van der Waals surface area contributed by atoms with Crippen molar-refractivity contribution in [3.05, 3.63) is 12.3 Å². The van der Waals surface area contributed by atoms with E-state index in [9.17, 15) is 13.2 Å². The van der Waals surface area contributed by atoms with Crippen molar-refractivity contribution in [2.75, 3.05) is 24.7 Å². The lowest BCUT2D eigenvalue weighted by atomic mass is 9.99. The van der Waals surface area contributed by atoms with Crippen LogP contribution in [-0.2, 0) is 21.9 Å². The van der Waals surface area contributed by atoms with Crippen molar-refractivity contribution < 1.29 is 13.2 Å². The summed E-state index contributed by atoms with van der Waals surface area (Å²) in [6, 6.07) is 1.70. The molecule has 0 bridgehead atoms. The summed E-state index contributed by atoms with van der Waals surface area (Å²) in [4.78, 5) is 12.1. The van der Waals surface area contributed by atoms with E-state index in [4.69, 9.17) is 0 Å². The minimum absolute atomic E-state index is 0.174. The van der Waals surface area contributed by atoms with Gasteiger partial charge >= 0.3 is 0 Å². The Morgan fingerprint density at radius 3 is 2.84 bits per heavy atom. The highest BCUT2D eigenvalue weighted by molar-refractivity contribution is 7.88. The summed E-state index contributed by atoms with van der Waals surface area (Å²) < 4.78 is 25.9. The maximum atomic E-state index is 12.1. The predicted molar refractivity (Wildman–Crippen MR) is 71.0 cm³/mol. The molecule has 19 heavy (non-hydrogen) atoms. The summed E-state index contributed by atoms with van der Waals surface area (Å²) in [6.07, 6.45) is 4.31. The Morgan fingerprint density at radius 2 is 2.26 bits per heavy atom. The molecule has 2 rings (SSSR count). The van der Waals surface area contributed by atoms with Gasteiger partial charge in [0, 0.05) is 32.4 Å². The van der Waals surface area contributed by atoms with Crippen LogP contribution in [0.2, 0.25) is 0 Å². The van der Waals surface area contributed by atoms with Crippen LogP contribution >= 0.6 is 0 Å². The van der Waals surface area contributed by atoms with Crippen molar-refractivity contribution in [2.45, 2.75) is 12.8 Å². The fraction of sp³-hybridized carbons (Fsp3) is 0.636. The SMILES string of the molecule is Cn1ccc(NC(=O)[C@@H]2CCCN(S(C)(=O)=O)C2)n1. The van der Waals surface area contributed by atoms with Crippen molar-refractivity contribution >= 4 is 21.7 Å². The Balaban J connectivity index is 1.99. The smallest absolute Gasteiger partial charge is 0.230 e. The summed E-state index contributed by atoms with van der Waals surface area (Å²) in [5.74, 6) is 0.00140. The van der Waals surface area contributed by atoms with Crippen molar-refractivity contribution in [1.82, 2.24) is 14.1 Å². The van der Waals surface area contributed by atoms with E-state index in [-0.39, 0.29) is 18.4 Å². The van der Waals surface area contributed by atoms with Gasteiger partial charge in [-0.15, -0.1) is 0 Å². The number of nitrogens with one attached hydrogen (secondary N) is 1. The molecule has 106 valence electrons. The van der Waals surface area contributed by atoms with Crippen molar-refractivity contribution in [3.8, 4) is 0 Å². The van der Waals surface area contributed by atoms with Gasteiger partial charge in [0.2, 0.25) is 15.9 Å². The molecular formula is C11H18N4O3S. The molecule has 1 aliphatic heterocycles. The van der Waals surface area contributed by atoms with Crippen LogP contribution < -0.4 is 5.32 Å². The van der Waals surface area contributed by atoms with E-state index in [1.165, 1.54) is 10.6 Å². The first kappa shape index (κ1) is 14.0. The molecule has 0 spiro atoms. The highest BCUT2D eigenvalue weighted by atomic mass is 32.2. The number of piperidine rings is 1. The van der Waals surface area contributed by atoms with Crippen LogP contribution in [0.1, 0.15) is 12.8 Å². The van der Waals surface area contributed by atoms with Gasteiger partial charge in [-0.1, -0.05) is 0 Å². The molecular weight excluding hydrogens is 268 g/mol. The molecule has 7 nitrogen and oxygen atoms in total. The van der Waals surface area contributed by atoms with Crippen LogP contribution in [0.3, 0.4) is 0 Å². The summed E-state index contributed by atoms with van der Waals surface area (Å²) >= 11 is 0. The highest BCUT2D eigenvalue weighted by Gasteiger charge is 2.30. The van der Waals surface area contributed by atoms with E-state index in [0.29, 0.717) is 25.2 Å². The van der Waals surface area contributed by atoms with Gasteiger partial charge in [0.05, 0.1) is 12.2 Å². The quantitative estimate of drug-likeness (QED) is 0.849. The predicted octanol–water partition coefficient (Wildman–Crippen LogP) is 0.0302. The van der Waals surface area contributed by atoms with Crippen LogP contribution in [0.4, 0.5) is 5.82 Å². The monoisotopic (exact) mass is 286 g/mol. The molecule has 1 saturated heterocycles. The number of carbonyl (C=O) groups excluding carboxylic acids is 1. The van der Waals surface area contributed by atoms with Gasteiger partial charge in [-0.2, -0.15) is 5.10 Å².